The van der Waals surface area contributed by atoms with E-state index in [0.717, 1.165) is 18.6 Å². The molecule has 1 unspecified atom stereocenters. The summed E-state index contributed by atoms with van der Waals surface area (Å²) in [4.78, 5) is 8.33. The van der Waals surface area contributed by atoms with Gasteiger partial charge in [-0.1, -0.05) is 31.6 Å². The number of hydrogen-bond donors (Lipinski definition) is 2. The largest absolute Gasteiger partial charge is 0.394 e. The van der Waals surface area contributed by atoms with E-state index in [0.29, 0.717) is 56.5 Å². The Bertz CT molecular complexity index is 1240. The van der Waals surface area contributed by atoms with Gasteiger partial charge in [-0.05, 0) is 55.7 Å². The fraction of sp³-hybridized carbons (Fsp3) is 0.545. The summed E-state index contributed by atoms with van der Waals surface area (Å²) in [6.45, 7) is 0.448. The molecule has 2 aromatic rings. The lowest BCUT2D eigenvalue weighted by atomic mass is 9.77. The SMILES string of the molecule is O=S1c2c(nc(N3CCC(c4ccc(S(F)(F)(F)(F)F)cc4)CC3)nc2NC2(CO)CCC2)CC1(F)F. The zero-order valence-corrected chi connectivity index (χ0v) is 21.0. The molecule has 1 aromatic carbocycles. The van der Waals surface area contributed by atoms with Gasteiger partial charge >= 0.3 is 15.5 Å². The first kappa shape index (κ1) is 26.5. The van der Waals surface area contributed by atoms with E-state index in [1.54, 1.807) is 4.90 Å². The number of nitrogens with one attached hydrogen (secondary N) is 1. The number of nitrogens with zero attached hydrogens (tertiary/aromatic N) is 3. The number of rotatable bonds is 6. The first-order valence-electron chi connectivity index (χ1n) is 11.7. The van der Waals surface area contributed by atoms with Gasteiger partial charge in [-0.3, -0.25) is 0 Å². The number of aliphatic hydroxyl groups excluding tert-OH is 1. The van der Waals surface area contributed by atoms with Gasteiger partial charge in [0.15, 0.2) is 0 Å². The molecule has 15 heteroatoms. The summed E-state index contributed by atoms with van der Waals surface area (Å²) in [6, 6.07) is 2.93. The molecule has 0 spiro atoms. The number of halogens is 7. The average molecular weight is 575 g/mol. The van der Waals surface area contributed by atoms with Crippen molar-refractivity contribution in [1.82, 2.24) is 9.97 Å². The van der Waals surface area contributed by atoms with Crippen molar-refractivity contribution in [2.45, 2.75) is 65.0 Å². The molecule has 2 N–H and O–H groups in total. The summed E-state index contributed by atoms with van der Waals surface area (Å²) in [7, 11) is -12.4. The molecule has 1 atom stereocenters. The van der Waals surface area contributed by atoms with E-state index in [1.807, 2.05) is 0 Å². The number of alkyl halides is 2. The van der Waals surface area contributed by atoms with E-state index in [1.165, 1.54) is 0 Å². The first-order valence-corrected chi connectivity index (χ1v) is 14.8. The van der Waals surface area contributed by atoms with Crippen LogP contribution in [0.2, 0.25) is 0 Å². The Morgan fingerprint density at radius 2 is 1.68 bits per heavy atom. The Balaban J connectivity index is 1.36. The molecule has 3 heterocycles. The molecule has 3 aliphatic rings. The Morgan fingerprint density at radius 1 is 1.05 bits per heavy atom. The summed E-state index contributed by atoms with van der Waals surface area (Å²) in [5.41, 5.74) is -0.264. The number of aliphatic hydroxyl groups is 1. The molecular formula is C22H25F7N4O2S2. The molecule has 0 bridgehead atoms. The highest BCUT2D eigenvalue weighted by atomic mass is 32.5. The molecule has 5 rings (SSSR count). The first-order chi connectivity index (χ1) is 17.0. The van der Waals surface area contributed by atoms with Crippen molar-refractivity contribution >= 4 is 32.8 Å². The number of hydrogen-bond acceptors (Lipinski definition) is 6. The van der Waals surface area contributed by atoms with Crippen molar-refractivity contribution in [2.75, 3.05) is 29.9 Å². The minimum Gasteiger partial charge on any atom is -0.394 e. The van der Waals surface area contributed by atoms with Crippen LogP contribution in [0.1, 0.15) is 49.3 Å². The van der Waals surface area contributed by atoms with E-state index in [4.69, 9.17) is 0 Å². The molecule has 2 fully saturated rings. The molecule has 1 aliphatic carbocycles. The molecule has 0 radical (unpaired) electrons. The molecule has 37 heavy (non-hydrogen) atoms. The molecule has 1 saturated heterocycles. The van der Waals surface area contributed by atoms with E-state index in [2.05, 4.69) is 15.3 Å². The van der Waals surface area contributed by atoms with Crippen LogP contribution in [-0.2, 0) is 17.2 Å². The number of aromatic nitrogens is 2. The van der Waals surface area contributed by atoms with Gasteiger partial charge in [0.05, 0.1) is 24.3 Å². The number of benzene rings is 1. The Labute approximate surface area is 210 Å². The van der Waals surface area contributed by atoms with Crippen molar-refractivity contribution in [3.63, 3.8) is 0 Å². The van der Waals surface area contributed by atoms with Gasteiger partial charge in [0.1, 0.15) is 26.4 Å². The maximum absolute atomic E-state index is 14.3. The van der Waals surface area contributed by atoms with Gasteiger partial charge in [-0.2, -0.15) is 13.8 Å². The van der Waals surface area contributed by atoms with Crippen LogP contribution in [0, 0.1) is 0 Å². The van der Waals surface area contributed by atoms with Crippen LogP contribution < -0.4 is 10.2 Å². The van der Waals surface area contributed by atoms with Gasteiger partial charge in [0.25, 0.3) is 0 Å². The molecule has 1 aromatic heterocycles. The molecular weight excluding hydrogens is 549 g/mol. The third-order valence-corrected chi connectivity index (χ3v) is 9.98. The monoisotopic (exact) mass is 574 g/mol. The third kappa shape index (κ3) is 5.01. The summed E-state index contributed by atoms with van der Waals surface area (Å²) >= 11 is 0. The highest BCUT2D eigenvalue weighted by Gasteiger charge is 2.65. The third-order valence-electron chi connectivity index (χ3n) is 7.33. The minimum absolute atomic E-state index is 0.0120. The lowest BCUT2D eigenvalue weighted by molar-refractivity contribution is 0.104. The van der Waals surface area contributed by atoms with E-state index in [9.17, 15) is 37.5 Å². The standard InChI is InChI=1S/C22H25F7N4O2S2/c23-22(24)12-17-18(36(22)35)19(32-21(13-34)8-1-9-21)31-20(30-17)33-10-6-15(7-11-33)14-2-4-16(5-3-14)37(25,26,27,28)29/h2-5,15,34H,1,6-13H2,(H,30,31,32). The van der Waals surface area contributed by atoms with Crippen molar-refractivity contribution in [3.8, 4) is 0 Å². The van der Waals surface area contributed by atoms with Crippen LogP contribution in [0.5, 0.6) is 0 Å². The lowest BCUT2D eigenvalue weighted by Gasteiger charge is -2.42. The molecule has 1 saturated carbocycles. The minimum atomic E-state index is -9.74. The Kier molecular flexibility index (Phi) is 5.68. The summed E-state index contributed by atoms with van der Waals surface area (Å²) < 4.78 is 106. The summed E-state index contributed by atoms with van der Waals surface area (Å²) in [5.74, 6) is -0.0311. The number of piperidine rings is 1. The van der Waals surface area contributed by atoms with Gasteiger partial charge in [-0.15, -0.1) is 0 Å². The number of fused-ring (bicyclic) bond motifs is 1. The summed E-state index contributed by atoms with van der Waals surface area (Å²) in [6.07, 6.45) is 2.13. The second-order valence-electron chi connectivity index (χ2n) is 9.95. The maximum atomic E-state index is 14.3. The maximum Gasteiger partial charge on any atom is 0.331 e. The molecule has 206 valence electrons. The van der Waals surface area contributed by atoms with Gasteiger partial charge in [-0.25, -0.2) is 9.19 Å². The van der Waals surface area contributed by atoms with E-state index >= 15 is 0 Å². The van der Waals surface area contributed by atoms with Gasteiger partial charge < -0.3 is 15.3 Å². The average Bonchev–Trinajstić information content (AvgIpc) is 3.03. The molecule has 6 nitrogen and oxygen atoms in total. The topological polar surface area (TPSA) is 78.4 Å². The predicted molar refractivity (Wildman–Crippen MR) is 126 cm³/mol. The second-order valence-corrected chi connectivity index (χ2v) is 13.9. The zero-order valence-electron chi connectivity index (χ0n) is 19.4. The fourth-order valence-electron chi connectivity index (χ4n) is 5.02. The highest BCUT2D eigenvalue weighted by molar-refractivity contribution is 8.45. The van der Waals surface area contributed by atoms with Crippen molar-refractivity contribution in [3.05, 3.63) is 35.5 Å². The molecule has 2 aliphatic heterocycles. The van der Waals surface area contributed by atoms with Crippen molar-refractivity contribution < 1.29 is 37.5 Å². The van der Waals surface area contributed by atoms with Crippen LogP contribution in [-0.4, -0.2) is 49.8 Å². The predicted octanol–water partition coefficient (Wildman–Crippen LogP) is 6.10. The molecule has 0 amide bonds. The van der Waals surface area contributed by atoms with E-state index < -0.39 is 43.1 Å². The van der Waals surface area contributed by atoms with Crippen molar-refractivity contribution in [2.24, 2.45) is 0 Å². The Morgan fingerprint density at radius 3 is 2.19 bits per heavy atom. The highest BCUT2D eigenvalue weighted by Crippen LogP contribution is 3.02. The summed E-state index contributed by atoms with van der Waals surface area (Å²) in [5, 5.41) is 9.37. The van der Waals surface area contributed by atoms with Crippen LogP contribution in [0.15, 0.2) is 34.1 Å². The van der Waals surface area contributed by atoms with Crippen LogP contribution >= 0.6 is 10.2 Å². The van der Waals surface area contributed by atoms with Crippen LogP contribution in [0.25, 0.3) is 0 Å². The quantitative estimate of drug-likeness (QED) is 0.406. The lowest BCUT2D eigenvalue weighted by Crippen LogP contribution is -2.49. The number of anilines is 2. The Hall–Kier alpha value is -2.13. The van der Waals surface area contributed by atoms with Crippen LogP contribution in [0.4, 0.5) is 40.0 Å². The zero-order chi connectivity index (χ0) is 26.9. The van der Waals surface area contributed by atoms with E-state index in [-0.39, 0.29) is 34.9 Å². The van der Waals surface area contributed by atoms with Gasteiger partial charge in [0, 0.05) is 13.1 Å². The van der Waals surface area contributed by atoms with Crippen molar-refractivity contribution in [1.29, 1.82) is 0 Å². The van der Waals surface area contributed by atoms with Crippen LogP contribution in [0.3, 0.4) is 0 Å². The second kappa shape index (κ2) is 7.94. The van der Waals surface area contributed by atoms with Gasteiger partial charge in [0.2, 0.25) is 5.95 Å². The fourth-order valence-corrected chi connectivity index (χ4v) is 6.84. The smallest absolute Gasteiger partial charge is 0.331 e. The normalized spacial score (nSPS) is 25.1.